The number of amides is 3. The quantitative estimate of drug-likeness (QED) is 0.282. The van der Waals surface area contributed by atoms with E-state index >= 15 is 0 Å². The zero-order valence-corrected chi connectivity index (χ0v) is 23.9. The Morgan fingerprint density at radius 3 is 2.49 bits per heavy atom. The number of aryl methyl sites for hydroxylation is 1. The number of hydrogen-bond donors (Lipinski definition) is 3. The molecule has 3 heterocycles. The molecule has 41 heavy (non-hydrogen) atoms. The van der Waals surface area contributed by atoms with Crippen molar-refractivity contribution in [2.24, 2.45) is 5.73 Å². The van der Waals surface area contributed by atoms with Crippen LogP contribution in [0, 0.1) is 13.8 Å². The molecule has 0 radical (unpaired) electrons. The number of thiazole rings is 1. The van der Waals surface area contributed by atoms with Gasteiger partial charge in [0.05, 0.1) is 11.1 Å². The molecule has 0 bridgehead atoms. The largest absolute Gasteiger partial charge is 0.366 e. The number of primary amides is 1. The maximum absolute atomic E-state index is 13.3. The highest BCUT2D eigenvalue weighted by atomic mass is 32.1. The molecule has 9 nitrogen and oxygen atoms in total. The molecule has 1 saturated heterocycles. The number of anilines is 1. The SMILES string of the molecule is Cc1cnc(C(=O)Nc2cccc(-c3ccc(C(N)=O)c4[nH]c5cc(C(=O)N6CCN(C)CC6)ccc5c34)c2C)s1. The fourth-order valence-electron chi connectivity index (χ4n) is 5.47. The number of nitrogens with zero attached hydrogens (tertiary/aromatic N) is 3. The van der Waals surface area contributed by atoms with Gasteiger partial charge in [-0.1, -0.05) is 24.3 Å². The topological polar surface area (TPSA) is 124 Å². The normalized spacial score (nSPS) is 14.1. The zero-order chi connectivity index (χ0) is 28.8. The van der Waals surface area contributed by atoms with Crippen molar-refractivity contribution in [1.29, 1.82) is 0 Å². The molecule has 4 N–H and O–H groups in total. The maximum Gasteiger partial charge on any atom is 0.284 e. The lowest BCUT2D eigenvalue weighted by Crippen LogP contribution is -2.47. The van der Waals surface area contributed by atoms with Crippen LogP contribution in [0.25, 0.3) is 32.9 Å². The van der Waals surface area contributed by atoms with E-state index in [0.29, 0.717) is 40.4 Å². The van der Waals surface area contributed by atoms with Gasteiger partial charge in [-0.2, -0.15) is 0 Å². The number of rotatable bonds is 5. The molecule has 0 unspecified atom stereocenters. The standard InChI is InChI=1S/C31H30N6O3S/c1-17-16-33-30(41-17)29(39)35-24-6-4-5-20(18(24)2)21-9-10-23(28(32)38)27-26(21)22-8-7-19(15-25(22)34-27)31(40)37-13-11-36(3)12-14-37/h4-10,15-16,34H,11-14H2,1-3H3,(H2,32,38)(H,35,39). The van der Waals surface area contributed by atoms with Crippen LogP contribution in [0.4, 0.5) is 5.69 Å². The number of aromatic nitrogens is 2. The van der Waals surface area contributed by atoms with Gasteiger partial charge in [-0.05, 0) is 61.9 Å². The Labute approximate surface area is 241 Å². The van der Waals surface area contributed by atoms with E-state index in [2.05, 4.69) is 27.2 Å². The fraction of sp³-hybridized carbons (Fsp3) is 0.226. The van der Waals surface area contributed by atoms with E-state index in [4.69, 9.17) is 5.73 Å². The number of nitrogens with two attached hydrogens (primary N) is 1. The van der Waals surface area contributed by atoms with Gasteiger partial charge < -0.3 is 25.8 Å². The first-order chi connectivity index (χ1) is 19.7. The van der Waals surface area contributed by atoms with Gasteiger partial charge in [-0.15, -0.1) is 11.3 Å². The zero-order valence-electron chi connectivity index (χ0n) is 23.1. The molecule has 1 fully saturated rings. The van der Waals surface area contributed by atoms with Crippen LogP contribution in [0.2, 0.25) is 0 Å². The van der Waals surface area contributed by atoms with Gasteiger partial charge in [0.1, 0.15) is 0 Å². The highest BCUT2D eigenvalue weighted by Gasteiger charge is 2.23. The molecular weight excluding hydrogens is 536 g/mol. The third-order valence-corrected chi connectivity index (χ3v) is 8.66. The van der Waals surface area contributed by atoms with Crippen LogP contribution in [0.5, 0.6) is 0 Å². The summed E-state index contributed by atoms with van der Waals surface area (Å²) in [6, 6.07) is 15.0. The Morgan fingerprint density at radius 1 is 1.00 bits per heavy atom. The molecule has 0 aliphatic carbocycles. The van der Waals surface area contributed by atoms with Gasteiger partial charge >= 0.3 is 0 Å². The molecule has 10 heteroatoms. The highest BCUT2D eigenvalue weighted by molar-refractivity contribution is 7.13. The van der Waals surface area contributed by atoms with Crippen molar-refractivity contribution >= 4 is 56.6 Å². The van der Waals surface area contributed by atoms with Crippen molar-refractivity contribution in [3.63, 3.8) is 0 Å². The summed E-state index contributed by atoms with van der Waals surface area (Å²) in [5.74, 6) is -0.816. The second-order valence-corrected chi connectivity index (χ2v) is 11.7. The molecule has 208 valence electrons. The molecule has 0 atom stereocenters. The van der Waals surface area contributed by atoms with Gasteiger partial charge in [0, 0.05) is 64.8 Å². The van der Waals surface area contributed by atoms with Crippen molar-refractivity contribution < 1.29 is 14.4 Å². The van der Waals surface area contributed by atoms with Gasteiger partial charge in [-0.25, -0.2) is 4.98 Å². The summed E-state index contributed by atoms with van der Waals surface area (Å²) < 4.78 is 0. The summed E-state index contributed by atoms with van der Waals surface area (Å²) in [6.07, 6.45) is 1.68. The second-order valence-electron chi connectivity index (χ2n) is 10.5. The van der Waals surface area contributed by atoms with Crippen LogP contribution in [0.1, 0.15) is 41.0 Å². The monoisotopic (exact) mass is 566 g/mol. The molecule has 0 saturated carbocycles. The van der Waals surface area contributed by atoms with Gasteiger partial charge in [0.15, 0.2) is 5.01 Å². The van der Waals surface area contributed by atoms with Crippen molar-refractivity contribution in [1.82, 2.24) is 19.8 Å². The van der Waals surface area contributed by atoms with Gasteiger partial charge in [0.25, 0.3) is 17.7 Å². The highest BCUT2D eigenvalue weighted by Crippen LogP contribution is 2.39. The van der Waals surface area contributed by atoms with E-state index in [9.17, 15) is 14.4 Å². The Kier molecular flexibility index (Phi) is 6.80. The molecule has 1 aliphatic rings. The summed E-state index contributed by atoms with van der Waals surface area (Å²) in [4.78, 5) is 51.2. The number of piperazine rings is 1. The lowest BCUT2D eigenvalue weighted by atomic mass is 9.93. The van der Waals surface area contributed by atoms with Crippen LogP contribution < -0.4 is 11.1 Å². The van der Waals surface area contributed by atoms with E-state index in [1.807, 2.05) is 61.2 Å². The lowest BCUT2D eigenvalue weighted by Gasteiger charge is -2.32. The van der Waals surface area contributed by atoms with Crippen LogP contribution in [0.15, 0.2) is 54.7 Å². The molecule has 3 amide bonds. The first-order valence-corrected chi connectivity index (χ1v) is 14.2. The average Bonchev–Trinajstić information content (AvgIpc) is 3.57. The summed E-state index contributed by atoms with van der Waals surface area (Å²) in [5, 5.41) is 5.10. The first-order valence-electron chi connectivity index (χ1n) is 13.4. The van der Waals surface area contributed by atoms with E-state index < -0.39 is 5.91 Å². The lowest BCUT2D eigenvalue weighted by molar-refractivity contribution is 0.0664. The summed E-state index contributed by atoms with van der Waals surface area (Å²) in [5.41, 5.74) is 11.4. The molecule has 5 aromatic rings. The van der Waals surface area contributed by atoms with Crippen molar-refractivity contribution in [2.45, 2.75) is 13.8 Å². The number of fused-ring (bicyclic) bond motifs is 3. The second kappa shape index (κ2) is 10.5. The van der Waals surface area contributed by atoms with Crippen molar-refractivity contribution in [2.75, 3.05) is 38.5 Å². The number of nitrogens with one attached hydrogen (secondary N) is 2. The fourth-order valence-corrected chi connectivity index (χ4v) is 6.13. The van der Waals surface area contributed by atoms with Crippen molar-refractivity contribution in [3.05, 3.63) is 81.3 Å². The maximum atomic E-state index is 13.3. The van der Waals surface area contributed by atoms with Gasteiger partial charge in [-0.3, -0.25) is 14.4 Å². The summed E-state index contributed by atoms with van der Waals surface area (Å²) >= 11 is 1.34. The third-order valence-electron chi connectivity index (χ3n) is 7.74. The Bertz CT molecular complexity index is 1850. The van der Waals surface area contributed by atoms with E-state index in [1.165, 1.54) is 11.3 Å². The minimum Gasteiger partial charge on any atom is -0.366 e. The number of likely N-dealkylation sites (N-methyl/N-ethyl adjacent to an activating group) is 1. The number of aromatic amines is 1. The summed E-state index contributed by atoms with van der Waals surface area (Å²) in [6.45, 7) is 6.91. The molecule has 1 aliphatic heterocycles. The van der Waals surface area contributed by atoms with Crippen LogP contribution in [-0.4, -0.2) is 70.7 Å². The van der Waals surface area contributed by atoms with Gasteiger partial charge in [0.2, 0.25) is 0 Å². The third kappa shape index (κ3) is 4.85. The van der Waals surface area contributed by atoms with E-state index in [0.717, 1.165) is 50.9 Å². The van der Waals surface area contributed by atoms with Crippen LogP contribution >= 0.6 is 11.3 Å². The Hall–Kier alpha value is -4.54. The number of benzene rings is 3. The molecule has 2 aromatic heterocycles. The molecular formula is C31H30N6O3S. The minimum atomic E-state index is -0.543. The van der Waals surface area contributed by atoms with E-state index in [-0.39, 0.29) is 11.8 Å². The van der Waals surface area contributed by atoms with Crippen molar-refractivity contribution in [3.8, 4) is 11.1 Å². The molecule has 0 spiro atoms. The first kappa shape index (κ1) is 26.7. The average molecular weight is 567 g/mol. The predicted molar refractivity (Wildman–Crippen MR) is 163 cm³/mol. The Morgan fingerprint density at radius 2 is 1.78 bits per heavy atom. The minimum absolute atomic E-state index is 0.0104. The molecule has 3 aromatic carbocycles. The predicted octanol–water partition coefficient (Wildman–Crippen LogP) is 4.80. The number of hydrogen-bond acceptors (Lipinski definition) is 6. The number of H-pyrrole nitrogens is 1. The summed E-state index contributed by atoms with van der Waals surface area (Å²) in [7, 11) is 2.05. The van der Waals surface area contributed by atoms with Crippen LogP contribution in [0.3, 0.4) is 0 Å². The number of carbonyl (C=O) groups is 3. The van der Waals surface area contributed by atoms with E-state index in [1.54, 1.807) is 12.3 Å². The molecule has 6 rings (SSSR count). The smallest absolute Gasteiger partial charge is 0.284 e. The van der Waals surface area contributed by atoms with Crippen LogP contribution in [-0.2, 0) is 0 Å². The Balaban J connectivity index is 1.44. The number of carbonyl (C=O) groups excluding carboxylic acids is 3.